The SMILES string of the molecule is CC(C)C(=Nc1ccc(COC(=O)CCNC(=O)CCN)cc1)C1=C(O)CC(C)(C)CC1=O. The quantitative estimate of drug-likeness (QED) is 0.364. The molecular formula is C25H35N3O5. The number of aliphatic hydroxyl groups excluding tert-OH is 1. The van der Waals surface area contributed by atoms with Crippen molar-refractivity contribution in [1.29, 1.82) is 0 Å². The van der Waals surface area contributed by atoms with E-state index in [-0.39, 0.29) is 61.3 Å². The Labute approximate surface area is 195 Å². The lowest BCUT2D eigenvalue weighted by Gasteiger charge is -2.30. The van der Waals surface area contributed by atoms with Crippen molar-refractivity contribution in [1.82, 2.24) is 5.32 Å². The van der Waals surface area contributed by atoms with Gasteiger partial charge in [-0.05, 0) is 29.0 Å². The van der Waals surface area contributed by atoms with Gasteiger partial charge in [-0.25, -0.2) is 0 Å². The molecule has 1 aromatic rings. The number of nitrogens with zero attached hydrogens (tertiary/aromatic N) is 1. The van der Waals surface area contributed by atoms with Crippen molar-refractivity contribution in [3.05, 3.63) is 41.2 Å². The van der Waals surface area contributed by atoms with Crippen molar-refractivity contribution in [3.8, 4) is 0 Å². The average molecular weight is 458 g/mol. The van der Waals surface area contributed by atoms with Gasteiger partial charge in [0.05, 0.1) is 23.4 Å². The third-order valence-electron chi connectivity index (χ3n) is 5.26. The summed E-state index contributed by atoms with van der Waals surface area (Å²) < 4.78 is 5.24. The molecule has 1 amide bonds. The van der Waals surface area contributed by atoms with Gasteiger partial charge in [-0.2, -0.15) is 0 Å². The summed E-state index contributed by atoms with van der Waals surface area (Å²) in [6, 6.07) is 7.17. The van der Waals surface area contributed by atoms with E-state index >= 15 is 0 Å². The van der Waals surface area contributed by atoms with Crippen molar-refractivity contribution in [2.45, 2.75) is 60.0 Å². The second kappa shape index (κ2) is 11.7. The molecule has 4 N–H and O–H groups in total. The molecule has 0 fully saturated rings. The number of carbonyl (C=O) groups is 3. The van der Waals surface area contributed by atoms with Crippen molar-refractivity contribution < 1.29 is 24.2 Å². The van der Waals surface area contributed by atoms with Crippen LogP contribution >= 0.6 is 0 Å². The van der Waals surface area contributed by atoms with Crippen LogP contribution < -0.4 is 11.1 Å². The number of aliphatic imine (C=N–C) groups is 1. The maximum Gasteiger partial charge on any atom is 0.307 e. The van der Waals surface area contributed by atoms with Crippen LogP contribution in [0, 0.1) is 11.3 Å². The van der Waals surface area contributed by atoms with E-state index < -0.39 is 5.97 Å². The molecule has 0 saturated carbocycles. The molecule has 0 atom stereocenters. The number of ketones is 1. The number of ether oxygens (including phenoxy) is 1. The van der Waals surface area contributed by atoms with Gasteiger partial charge in [0.25, 0.3) is 0 Å². The molecule has 0 bridgehead atoms. The fourth-order valence-corrected chi connectivity index (χ4v) is 3.62. The molecule has 2 rings (SSSR count). The first-order valence-corrected chi connectivity index (χ1v) is 11.3. The van der Waals surface area contributed by atoms with Crippen LogP contribution in [0.2, 0.25) is 0 Å². The van der Waals surface area contributed by atoms with Crippen LogP contribution in [0.4, 0.5) is 5.69 Å². The normalized spacial score (nSPS) is 16.2. The summed E-state index contributed by atoms with van der Waals surface area (Å²) in [4.78, 5) is 40.6. The minimum atomic E-state index is -0.409. The Kier molecular flexibility index (Phi) is 9.34. The summed E-state index contributed by atoms with van der Waals surface area (Å²) >= 11 is 0. The number of carbonyl (C=O) groups excluding carboxylic acids is 3. The Morgan fingerprint density at radius 3 is 2.42 bits per heavy atom. The van der Waals surface area contributed by atoms with Gasteiger partial charge in [0, 0.05) is 32.4 Å². The monoisotopic (exact) mass is 457 g/mol. The molecule has 0 heterocycles. The lowest BCUT2D eigenvalue weighted by molar-refractivity contribution is -0.144. The summed E-state index contributed by atoms with van der Waals surface area (Å²) in [7, 11) is 0. The lowest BCUT2D eigenvalue weighted by atomic mass is 9.74. The fraction of sp³-hybridized carbons (Fsp3) is 0.520. The fourth-order valence-electron chi connectivity index (χ4n) is 3.62. The van der Waals surface area contributed by atoms with E-state index in [2.05, 4.69) is 10.3 Å². The van der Waals surface area contributed by atoms with E-state index in [9.17, 15) is 19.5 Å². The molecule has 0 saturated heterocycles. The smallest absolute Gasteiger partial charge is 0.307 e. The van der Waals surface area contributed by atoms with Gasteiger partial charge in [0.15, 0.2) is 5.78 Å². The highest BCUT2D eigenvalue weighted by Crippen LogP contribution is 2.37. The van der Waals surface area contributed by atoms with Gasteiger partial charge in [0.1, 0.15) is 12.4 Å². The first-order valence-electron chi connectivity index (χ1n) is 11.3. The van der Waals surface area contributed by atoms with Crippen LogP contribution in [0.25, 0.3) is 0 Å². The van der Waals surface area contributed by atoms with Gasteiger partial charge in [0.2, 0.25) is 5.91 Å². The molecule has 8 nitrogen and oxygen atoms in total. The zero-order valence-electron chi connectivity index (χ0n) is 19.9. The highest BCUT2D eigenvalue weighted by atomic mass is 16.5. The Morgan fingerprint density at radius 2 is 1.85 bits per heavy atom. The van der Waals surface area contributed by atoms with Gasteiger partial charge in [-0.15, -0.1) is 0 Å². The first-order chi connectivity index (χ1) is 15.5. The van der Waals surface area contributed by atoms with Crippen LogP contribution in [0.3, 0.4) is 0 Å². The summed E-state index contributed by atoms with van der Waals surface area (Å²) in [6.07, 6.45) is 1.13. The number of benzene rings is 1. The maximum absolute atomic E-state index is 12.7. The van der Waals surface area contributed by atoms with Crippen molar-refractivity contribution >= 4 is 29.1 Å². The van der Waals surface area contributed by atoms with Crippen molar-refractivity contribution in [3.63, 3.8) is 0 Å². The molecule has 0 unspecified atom stereocenters. The second-order valence-corrected chi connectivity index (χ2v) is 9.38. The minimum absolute atomic E-state index is 0.0433. The van der Waals surface area contributed by atoms with Crippen LogP contribution in [-0.4, -0.2) is 41.6 Å². The number of nitrogens with two attached hydrogens (primary N) is 1. The largest absolute Gasteiger partial charge is 0.511 e. The molecule has 8 heteroatoms. The third-order valence-corrected chi connectivity index (χ3v) is 5.26. The van der Waals surface area contributed by atoms with Crippen LogP contribution in [0.15, 0.2) is 40.6 Å². The molecule has 180 valence electrons. The standard InChI is InChI=1S/C25H35N3O5/c1-16(2)24(23-19(29)13-25(3,4)14-20(23)30)28-18-7-5-17(6-8-18)15-33-22(32)10-12-27-21(31)9-11-26/h5-8,16,29H,9-15,26H2,1-4H3,(H,27,31). The number of aliphatic hydroxyl groups is 1. The maximum atomic E-state index is 12.7. The van der Waals surface area contributed by atoms with E-state index in [1.807, 2.05) is 27.7 Å². The highest BCUT2D eigenvalue weighted by molar-refractivity contribution is 6.24. The number of allylic oxidation sites excluding steroid dienone is 2. The molecule has 1 aliphatic rings. The van der Waals surface area contributed by atoms with E-state index in [0.717, 1.165) is 5.56 Å². The predicted octanol–water partition coefficient (Wildman–Crippen LogP) is 3.51. The molecule has 1 aromatic carbocycles. The Morgan fingerprint density at radius 1 is 1.18 bits per heavy atom. The number of Topliss-reactive ketones (excluding diaryl/α,β-unsaturated/α-hetero) is 1. The number of amides is 1. The highest BCUT2D eigenvalue weighted by Gasteiger charge is 2.35. The summed E-state index contributed by atoms with van der Waals surface area (Å²) in [5.74, 6) is -0.623. The Bertz CT molecular complexity index is 930. The zero-order valence-corrected chi connectivity index (χ0v) is 19.9. The lowest BCUT2D eigenvalue weighted by Crippen LogP contribution is -2.30. The summed E-state index contributed by atoms with van der Waals surface area (Å²) in [5.41, 5.74) is 7.38. The van der Waals surface area contributed by atoms with E-state index in [1.54, 1.807) is 24.3 Å². The average Bonchev–Trinajstić information content (AvgIpc) is 2.71. The van der Waals surface area contributed by atoms with Crippen molar-refractivity contribution in [2.75, 3.05) is 13.1 Å². The number of hydrogen-bond donors (Lipinski definition) is 3. The van der Waals surface area contributed by atoms with Crippen LogP contribution in [0.5, 0.6) is 0 Å². The molecular weight excluding hydrogens is 422 g/mol. The van der Waals surface area contributed by atoms with Crippen LogP contribution in [-0.2, 0) is 25.7 Å². The van der Waals surface area contributed by atoms with E-state index in [4.69, 9.17) is 10.5 Å². The molecule has 33 heavy (non-hydrogen) atoms. The van der Waals surface area contributed by atoms with E-state index in [1.165, 1.54) is 0 Å². The number of rotatable bonds is 10. The Hall–Kier alpha value is -3.00. The minimum Gasteiger partial charge on any atom is -0.511 e. The zero-order chi connectivity index (χ0) is 24.6. The topological polar surface area (TPSA) is 131 Å². The second-order valence-electron chi connectivity index (χ2n) is 9.38. The van der Waals surface area contributed by atoms with Gasteiger partial charge < -0.3 is 20.9 Å². The predicted molar refractivity (Wildman–Crippen MR) is 127 cm³/mol. The summed E-state index contributed by atoms with van der Waals surface area (Å²) in [5, 5.41) is 13.2. The Balaban J connectivity index is 2.01. The first kappa shape index (κ1) is 26.3. The number of esters is 1. The molecule has 0 aromatic heterocycles. The van der Waals surface area contributed by atoms with Crippen LogP contribution in [0.1, 0.15) is 58.9 Å². The van der Waals surface area contributed by atoms with E-state index in [0.29, 0.717) is 29.8 Å². The summed E-state index contributed by atoms with van der Waals surface area (Å²) in [6.45, 7) is 8.40. The molecule has 0 aliphatic heterocycles. The molecule has 1 aliphatic carbocycles. The number of hydrogen-bond acceptors (Lipinski definition) is 7. The van der Waals surface area contributed by atoms with Gasteiger partial charge >= 0.3 is 5.97 Å². The van der Waals surface area contributed by atoms with Crippen molar-refractivity contribution in [2.24, 2.45) is 22.1 Å². The third kappa shape index (κ3) is 8.13. The van der Waals surface area contributed by atoms with Gasteiger partial charge in [-0.3, -0.25) is 19.4 Å². The molecule has 0 radical (unpaired) electrons. The number of nitrogens with one attached hydrogen (secondary N) is 1. The van der Waals surface area contributed by atoms with Gasteiger partial charge in [-0.1, -0.05) is 39.8 Å². The molecule has 0 spiro atoms.